The summed E-state index contributed by atoms with van der Waals surface area (Å²) in [6.07, 6.45) is 0. The molecule has 0 aliphatic rings. The summed E-state index contributed by atoms with van der Waals surface area (Å²) in [5.41, 5.74) is 2.41. The molecule has 2 heteroatoms. The van der Waals surface area contributed by atoms with Crippen LogP contribution in [0.3, 0.4) is 0 Å². The molecule has 1 atom stereocenters. The Morgan fingerprint density at radius 2 is 1.38 bits per heavy atom. The molecule has 0 nitrogen and oxygen atoms in total. The van der Waals surface area contributed by atoms with E-state index in [4.69, 9.17) is 23.2 Å². The first-order chi connectivity index (χ1) is 7.66. The molecule has 2 aromatic rings. The predicted octanol–water partition coefficient (Wildman–Crippen LogP) is 5.15. The second-order valence-corrected chi connectivity index (χ2v) is 4.71. The van der Waals surface area contributed by atoms with Gasteiger partial charge < -0.3 is 0 Å². The zero-order valence-electron chi connectivity index (χ0n) is 8.95. The van der Waals surface area contributed by atoms with Crippen LogP contribution in [0.5, 0.6) is 0 Å². The molecule has 0 N–H and O–H groups in total. The standard InChI is InChI=1S/C14H12Cl2/c1-10(11-5-3-2-4-6-11)12-7-13(15)9-14(16)8-12/h2-10H,1H3. The quantitative estimate of drug-likeness (QED) is 0.692. The van der Waals surface area contributed by atoms with Crippen molar-refractivity contribution in [2.75, 3.05) is 0 Å². The van der Waals surface area contributed by atoms with E-state index in [0.29, 0.717) is 16.0 Å². The molecular weight excluding hydrogens is 239 g/mol. The van der Waals surface area contributed by atoms with Crippen LogP contribution in [0.2, 0.25) is 10.0 Å². The minimum absolute atomic E-state index is 0.303. The van der Waals surface area contributed by atoms with Crippen molar-refractivity contribution in [1.82, 2.24) is 0 Å². The molecule has 0 heterocycles. The van der Waals surface area contributed by atoms with E-state index in [1.54, 1.807) is 6.07 Å². The van der Waals surface area contributed by atoms with Crippen LogP contribution < -0.4 is 0 Å². The fraction of sp³-hybridized carbons (Fsp3) is 0.143. The highest BCUT2D eigenvalue weighted by atomic mass is 35.5. The smallest absolute Gasteiger partial charge is 0.0423 e. The van der Waals surface area contributed by atoms with Crippen LogP contribution in [0.25, 0.3) is 0 Å². The summed E-state index contributed by atoms with van der Waals surface area (Å²) < 4.78 is 0. The summed E-state index contributed by atoms with van der Waals surface area (Å²) in [6, 6.07) is 16.0. The van der Waals surface area contributed by atoms with E-state index >= 15 is 0 Å². The molecule has 82 valence electrons. The molecule has 0 aliphatic heterocycles. The van der Waals surface area contributed by atoms with Crippen molar-refractivity contribution in [3.05, 3.63) is 69.7 Å². The topological polar surface area (TPSA) is 0 Å². The SMILES string of the molecule is CC(c1ccccc1)c1cc(Cl)cc(Cl)c1. The summed E-state index contributed by atoms with van der Waals surface area (Å²) in [7, 11) is 0. The Labute approximate surface area is 106 Å². The minimum Gasteiger partial charge on any atom is -0.0843 e. The number of hydrogen-bond donors (Lipinski definition) is 0. The van der Waals surface area contributed by atoms with Crippen molar-refractivity contribution in [3.8, 4) is 0 Å². The summed E-state index contributed by atoms with van der Waals surface area (Å²) >= 11 is 12.0. The summed E-state index contributed by atoms with van der Waals surface area (Å²) in [6.45, 7) is 2.15. The van der Waals surface area contributed by atoms with Crippen molar-refractivity contribution < 1.29 is 0 Å². The first-order valence-electron chi connectivity index (χ1n) is 5.18. The molecule has 1 unspecified atom stereocenters. The summed E-state index contributed by atoms with van der Waals surface area (Å²) in [5, 5.41) is 1.37. The fourth-order valence-electron chi connectivity index (χ4n) is 1.76. The monoisotopic (exact) mass is 250 g/mol. The third kappa shape index (κ3) is 2.58. The molecule has 0 spiro atoms. The van der Waals surface area contributed by atoms with Crippen molar-refractivity contribution in [1.29, 1.82) is 0 Å². The zero-order chi connectivity index (χ0) is 11.5. The van der Waals surface area contributed by atoms with Gasteiger partial charge in [0.05, 0.1) is 0 Å². The number of halogens is 2. The van der Waals surface area contributed by atoms with Gasteiger partial charge in [0, 0.05) is 16.0 Å². The lowest BCUT2D eigenvalue weighted by Gasteiger charge is -2.13. The van der Waals surface area contributed by atoms with Gasteiger partial charge in [0.1, 0.15) is 0 Å². The maximum absolute atomic E-state index is 6.00. The first-order valence-corrected chi connectivity index (χ1v) is 5.93. The van der Waals surface area contributed by atoms with Crippen LogP contribution in [0.4, 0.5) is 0 Å². The third-order valence-electron chi connectivity index (χ3n) is 2.68. The Hall–Kier alpha value is -0.980. The zero-order valence-corrected chi connectivity index (χ0v) is 10.5. The molecule has 0 saturated carbocycles. The highest BCUT2D eigenvalue weighted by Gasteiger charge is 2.09. The molecule has 0 radical (unpaired) electrons. The van der Waals surface area contributed by atoms with E-state index in [1.807, 2.05) is 30.3 Å². The predicted molar refractivity (Wildman–Crippen MR) is 70.4 cm³/mol. The second-order valence-electron chi connectivity index (χ2n) is 3.84. The summed E-state index contributed by atoms with van der Waals surface area (Å²) in [5.74, 6) is 0.303. The van der Waals surface area contributed by atoms with E-state index in [1.165, 1.54) is 5.56 Å². The molecule has 2 rings (SSSR count). The Morgan fingerprint density at radius 1 is 0.812 bits per heavy atom. The van der Waals surface area contributed by atoms with Gasteiger partial charge in [0.15, 0.2) is 0 Å². The van der Waals surface area contributed by atoms with Crippen LogP contribution in [-0.2, 0) is 0 Å². The molecule has 0 aliphatic carbocycles. The molecule has 0 aromatic heterocycles. The van der Waals surface area contributed by atoms with Crippen molar-refractivity contribution >= 4 is 23.2 Å². The van der Waals surface area contributed by atoms with Gasteiger partial charge in [-0.3, -0.25) is 0 Å². The average molecular weight is 251 g/mol. The fourth-order valence-corrected chi connectivity index (χ4v) is 2.30. The normalized spacial score (nSPS) is 12.4. The van der Waals surface area contributed by atoms with Gasteiger partial charge in [-0.2, -0.15) is 0 Å². The Bertz CT molecular complexity index is 457. The lowest BCUT2D eigenvalue weighted by molar-refractivity contribution is 0.922. The highest BCUT2D eigenvalue weighted by Crippen LogP contribution is 2.28. The Kier molecular flexibility index (Phi) is 3.52. The van der Waals surface area contributed by atoms with Gasteiger partial charge in [-0.25, -0.2) is 0 Å². The number of hydrogen-bond acceptors (Lipinski definition) is 0. The van der Waals surface area contributed by atoms with Gasteiger partial charge in [-0.05, 0) is 29.3 Å². The minimum atomic E-state index is 0.303. The van der Waals surface area contributed by atoms with Gasteiger partial charge in [0.25, 0.3) is 0 Å². The third-order valence-corrected chi connectivity index (χ3v) is 3.12. The lowest BCUT2D eigenvalue weighted by atomic mass is 9.93. The second kappa shape index (κ2) is 4.90. The largest absolute Gasteiger partial charge is 0.0843 e. The number of rotatable bonds is 2. The molecule has 2 aromatic carbocycles. The first kappa shape index (κ1) is 11.5. The molecule has 0 saturated heterocycles. The molecule has 0 amide bonds. The molecule has 0 bridgehead atoms. The van der Waals surface area contributed by atoms with Gasteiger partial charge in [-0.1, -0.05) is 60.5 Å². The highest BCUT2D eigenvalue weighted by molar-refractivity contribution is 6.34. The Balaban J connectivity index is 2.37. The van der Waals surface area contributed by atoms with E-state index < -0.39 is 0 Å². The van der Waals surface area contributed by atoms with Crippen LogP contribution in [-0.4, -0.2) is 0 Å². The van der Waals surface area contributed by atoms with Crippen LogP contribution in [0.1, 0.15) is 24.0 Å². The van der Waals surface area contributed by atoms with Gasteiger partial charge in [-0.15, -0.1) is 0 Å². The molecule has 0 fully saturated rings. The Morgan fingerprint density at radius 3 is 1.94 bits per heavy atom. The van der Waals surface area contributed by atoms with Gasteiger partial charge in [0.2, 0.25) is 0 Å². The maximum atomic E-state index is 6.00. The van der Waals surface area contributed by atoms with Crippen LogP contribution in [0, 0.1) is 0 Å². The molecule has 16 heavy (non-hydrogen) atoms. The van der Waals surface area contributed by atoms with E-state index in [2.05, 4.69) is 19.1 Å². The van der Waals surface area contributed by atoms with E-state index in [0.717, 1.165) is 5.56 Å². The van der Waals surface area contributed by atoms with E-state index in [9.17, 15) is 0 Å². The van der Waals surface area contributed by atoms with Crippen molar-refractivity contribution in [2.24, 2.45) is 0 Å². The molecular formula is C14H12Cl2. The lowest BCUT2D eigenvalue weighted by Crippen LogP contribution is -1.95. The van der Waals surface area contributed by atoms with Crippen molar-refractivity contribution in [3.63, 3.8) is 0 Å². The summed E-state index contributed by atoms with van der Waals surface area (Å²) in [4.78, 5) is 0. The van der Waals surface area contributed by atoms with Crippen molar-refractivity contribution in [2.45, 2.75) is 12.8 Å². The number of benzene rings is 2. The van der Waals surface area contributed by atoms with Crippen LogP contribution >= 0.6 is 23.2 Å². The maximum Gasteiger partial charge on any atom is 0.0423 e. The van der Waals surface area contributed by atoms with Gasteiger partial charge >= 0.3 is 0 Å². The van der Waals surface area contributed by atoms with E-state index in [-0.39, 0.29) is 0 Å². The average Bonchev–Trinajstić information content (AvgIpc) is 2.28. The van der Waals surface area contributed by atoms with Crippen LogP contribution in [0.15, 0.2) is 48.5 Å².